The Kier molecular flexibility index (Phi) is 6.87. The van der Waals surface area contributed by atoms with Gasteiger partial charge in [0.05, 0.1) is 5.69 Å². The summed E-state index contributed by atoms with van der Waals surface area (Å²) in [6.07, 6.45) is 0. The van der Waals surface area contributed by atoms with Crippen molar-refractivity contribution < 1.29 is 28.2 Å². The van der Waals surface area contributed by atoms with Gasteiger partial charge in [-0.3, -0.25) is 19.3 Å². The van der Waals surface area contributed by atoms with Crippen molar-refractivity contribution in [1.82, 2.24) is 4.90 Å². The van der Waals surface area contributed by atoms with Crippen LogP contribution in [0.3, 0.4) is 0 Å². The van der Waals surface area contributed by atoms with Gasteiger partial charge in [-0.05, 0) is 35.9 Å². The van der Waals surface area contributed by atoms with Crippen molar-refractivity contribution in [2.75, 3.05) is 31.7 Å². The number of ketones is 1. The molecule has 0 radical (unpaired) electrons. The number of carbonyl (C=O) groups is 3. The number of carbonyl (C=O) groups excluding carboxylic acids is 3. The Balaban J connectivity index is 1.48. The predicted octanol–water partition coefficient (Wildman–Crippen LogP) is 3.47. The summed E-state index contributed by atoms with van der Waals surface area (Å²) in [5.74, 6) is -1.25. The first-order chi connectivity index (χ1) is 16.4. The molecular formula is C26H23FN2O5. The minimum absolute atomic E-state index is 0.0269. The molecule has 2 amide bonds. The summed E-state index contributed by atoms with van der Waals surface area (Å²) in [6, 6.07) is 19.9. The number of amides is 2. The molecule has 0 atom stereocenters. The van der Waals surface area contributed by atoms with Crippen molar-refractivity contribution in [3.8, 4) is 11.5 Å². The van der Waals surface area contributed by atoms with Gasteiger partial charge in [0, 0.05) is 19.2 Å². The van der Waals surface area contributed by atoms with Crippen LogP contribution in [0.1, 0.15) is 15.9 Å². The van der Waals surface area contributed by atoms with E-state index < -0.39 is 11.6 Å². The maximum absolute atomic E-state index is 13.8. The first-order valence-electron chi connectivity index (χ1n) is 10.7. The number of ether oxygens (including phenoxy) is 2. The third-order valence-electron chi connectivity index (χ3n) is 5.40. The summed E-state index contributed by atoms with van der Waals surface area (Å²) < 4.78 is 24.5. The van der Waals surface area contributed by atoms with Crippen LogP contribution in [0, 0.1) is 5.82 Å². The fraction of sp³-hybridized carbons (Fsp3) is 0.192. The lowest BCUT2D eigenvalue weighted by Crippen LogP contribution is -2.45. The number of hydrogen-bond acceptors (Lipinski definition) is 5. The fourth-order valence-electron chi connectivity index (χ4n) is 3.54. The third kappa shape index (κ3) is 5.23. The van der Waals surface area contributed by atoms with E-state index in [1.165, 1.54) is 34.1 Å². The highest BCUT2D eigenvalue weighted by Crippen LogP contribution is 2.33. The number of Topliss-reactive ketones (excluding diaryl/α,β-unsaturated/α-hetero) is 1. The van der Waals surface area contributed by atoms with Crippen LogP contribution in [-0.2, 0) is 16.1 Å². The number of nitrogens with zero attached hydrogens (tertiary/aromatic N) is 2. The first kappa shape index (κ1) is 23.0. The number of hydrogen-bond donors (Lipinski definition) is 0. The summed E-state index contributed by atoms with van der Waals surface area (Å²) in [4.78, 5) is 41.0. The van der Waals surface area contributed by atoms with Gasteiger partial charge in [-0.25, -0.2) is 4.39 Å². The second-order valence-corrected chi connectivity index (χ2v) is 7.83. The van der Waals surface area contributed by atoms with E-state index >= 15 is 0 Å². The van der Waals surface area contributed by atoms with E-state index in [9.17, 15) is 18.8 Å². The van der Waals surface area contributed by atoms with Crippen LogP contribution in [0.15, 0.2) is 72.8 Å². The van der Waals surface area contributed by atoms with Crippen LogP contribution in [0.4, 0.5) is 10.1 Å². The molecule has 34 heavy (non-hydrogen) atoms. The van der Waals surface area contributed by atoms with Gasteiger partial charge >= 0.3 is 0 Å². The minimum atomic E-state index is -0.566. The summed E-state index contributed by atoms with van der Waals surface area (Å²) in [6.45, 7) is -0.376. The van der Waals surface area contributed by atoms with Crippen LogP contribution >= 0.6 is 0 Å². The van der Waals surface area contributed by atoms with Gasteiger partial charge in [-0.15, -0.1) is 0 Å². The molecule has 174 valence electrons. The summed E-state index contributed by atoms with van der Waals surface area (Å²) in [5.41, 5.74) is 1.55. The van der Waals surface area contributed by atoms with E-state index in [2.05, 4.69) is 0 Å². The Morgan fingerprint density at radius 1 is 1.06 bits per heavy atom. The highest BCUT2D eigenvalue weighted by molar-refractivity contribution is 6.04. The molecule has 1 aliphatic rings. The molecule has 3 aromatic carbocycles. The van der Waals surface area contributed by atoms with Crippen LogP contribution in [0.25, 0.3) is 0 Å². The lowest BCUT2D eigenvalue weighted by Gasteiger charge is -2.30. The smallest absolute Gasteiger partial charge is 0.265 e. The maximum Gasteiger partial charge on any atom is 0.265 e. The van der Waals surface area contributed by atoms with Gasteiger partial charge in [0.1, 0.15) is 12.3 Å². The average Bonchev–Trinajstić information content (AvgIpc) is 2.85. The Hall–Kier alpha value is -4.20. The highest BCUT2D eigenvalue weighted by atomic mass is 19.1. The molecule has 1 heterocycles. The zero-order valence-corrected chi connectivity index (χ0v) is 18.6. The second kappa shape index (κ2) is 10.2. The summed E-state index contributed by atoms with van der Waals surface area (Å²) >= 11 is 0. The van der Waals surface area contributed by atoms with Crippen molar-refractivity contribution in [3.05, 3.63) is 89.7 Å². The van der Waals surface area contributed by atoms with Crippen LogP contribution in [0.5, 0.6) is 11.5 Å². The molecule has 0 aliphatic carbocycles. The number of anilines is 1. The minimum Gasteiger partial charge on any atom is -0.482 e. The van der Waals surface area contributed by atoms with Gasteiger partial charge in [-0.1, -0.05) is 42.5 Å². The molecule has 7 nitrogen and oxygen atoms in total. The Morgan fingerprint density at radius 2 is 1.79 bits per heavy atom. The third-order valence-corrected chi connectivity index (χ3v) is 5.40. The average molecular weight is 462 g/mol. The zero-order valence-electron chi connectivity index (χ0n) is 18.6. The van der Waals surface area contributed by atoms with E-state index in [1.807, 2.05) is 30.3 Å². The molecule has 3 aromatic rings. The lowest BCUT2D eigenvalue weighted by molar-refractivity contribution is -0.131. The number of para-hydroxylation sites is 1. The molecule has 4 rings (SSSR count). The molecule has 0 spiro atoms. The van der Waals surface area contributed by atoms with Gasteiger partial charge < -0.3 is 14.4 Å². The number of halogens is 1. The Morgan fingerprint density at radius 3 is 2.56 bits per heavy atom. The van der Waals surface area contributed by atoms with Gasteiger partial charge in [0.25, 0.3) is 5.91 Å². The number of rotatable bonds is 8. The zero-order chi connectivity index (χ0) is 24.1. The number of fused-ring (bicyclic) bond motifs is 1. The summed E-state index contributed by atoms with van der Waals surface area (Å²) in [5, 5.41) is 0. The first-order valence-corrected chi connectivity index (χ1v) is 10.7. The molecule has 0 saturated carbocycles. The molecular weight excluding hydrogens is 439 g/mol. The SMILES string of the molecule is CN(Cc1ccccc1)C(=O)CN1C(=O)COc2ccc(C(=O)COc3ccccc3F)cc21. The molecule has 0 N–H and O–H groups in total. The molecule has 0 bridgehead atoms. The molecule has 1 aliphatic heterocycles. The van der Waals surface area contributed by atoms with Crippen LogP contribution < -0.4 is 14.4 Å². The Bertz CT molecular complexity index is 1210. The van der Waals surface area contributed by atoms with Gasteiger partial charge in [-0.2, -0.15) is 0 Å². The van der Waals surface area contributed by atoms with Gasteiger partial charge in [0.15, 0.2) is 30.6 Å². The van der Waals surface area contributed by atoms with E-state index in [0.717, 1.165) is 5.56 Å². The van der Waals surface area contributed by atoms with E-state index in [1.54, 1.807) is 25.2 Å². The highest BCUT2D eigenvalue weighted by Gasteiger charge is 2.29. The molecule has 8 heteroatoms. The van der Waals surface area contributed by atoms with Crippen molar-refractivity contribution in [2.45, 2.75) is 6.54 Å². The predicted molar refractivity (Wildman–Crippen MR) is 123 cm³/mol. The topological polar surface area (TPSA) is 76.2 Å². The molecule has 0 saturated heterocycles. The maximum atomic E-state index is 13.8. The monoisotopic (exact) mass is 462 g/mol. The van der Waals surface area contributed by atoms with E-state index in [-0.39, 0.29) is 42.9 Å². The number of benzene rings is 3. The second-order valence-electron chi connectivity index (χ2n) is 7.83. The van der Waals surface area contributed by atoms with E-state index in [4.69, 9.17) is 9.47 Å². The number of likely N-dealkylation sites (N-methyl/N-ethyl adjacent to an activating group) is 1. The van der Waals surface area contributed by atoms with Crippen molar-refractivity contribution >= 4 is 23.3 Å². The molecule has 0 aromatic heterocycles. The van der Waals surface area contributed by atoms with Gasteiger partial charge in [0.2, 0.25) is 5.91 Å². The normalized spacial score (nSPS) is 12.5. The van der Waals surface area contributed by atoms with E-state index in [0.29, 0.717) is 18.0 Å². The molecule has 0 fully saturated rings. The lowest BCUT2D eigenvalue weighted by atomic mass is 10.1. The van der Waals surface area contributed by atoms with Crippen LogP contribution in [-0.4, -0.2) is 49.3 Å². The Labute approximate surface area is 196 Å². The standard InChI is InChI=1S/C26H23FN2O5/c1-28(14-18-7-3-2-4-8-18)25(31)15-29-21-13-19(11-12-24(21)34-17-26(29)32)22(30)16-33-23-10-6-5-9-20(23)27/h2-13H,14-17H2,1H3. The molecule has 0 unspecified atom stereocenters. The quantitative estimate of drug-likeness (QED) is 0.479. The fourth-order valence-corrected chi connectivity index (χ4v) is 3.54. The van der Waals surface area contributed by atoms with Crippen molar-refractivity contribution in [2.24, 2.45) is 0 Å². The van der Waals surface area contributed by atoms with Crippen LogP contribution in [0.2, 0.25) is 0 Å². The van der Waals surface area contributed by atoms with Crippen molar-refractivity contribution in [1.29, 1.82) is 0 Å². The summed E-state index contributed by atoms with van der Waals surface area (Å²) in [7, 11) is 1.67. The largest absolute Gasteiger partial charge is 0.482 e. The van der Waals surface area contributed by atoms with Crippen molar-refractivity contribution in [3.63, 3.8) is 0 Å².